The lowest BCUT2D eigenvalue weighted by molar-refractivity contribution is -0.151. The van der Waals surface area contributed by atoms with Crippen molar-refractivity contribution in [3.63, 3.8) is 0 Å². The molecule has 9 nitrogen and oxygen atoms in total. The standard InChI is InChI=1S/C22H37NO8/c1-15(2)14-29-18(25)16(12-10-11-13-17(24)28-9)23(19(26)30-21(3,4)5)20(27)31-22(6,7)8/h11,13,15-16H,10,12,14H2,1-9H3/b13-11+/t16-/m0/s1. The number of imide groups is 1. The number of allylic oxidation sites excluding steroid dienone is 1. The Morgan fingerprint density at radius 3 is 1.77 bits per heavy atom. The number of carbonyl (C=O) groups is 4. The van der Waals surface area contributed by atoms with Crippen molar-refractivity contribution < 1.29 is 38.1 Å². The van der Waals surface area contributed by atoms with Crippen LogP contribution in [0.4, 0.5) is 9.59 Å². The van der Waals surface area contributed by atoms with Crippen molar-refractivity contribution in [1.82, 2.24) is 4.90 Å². The second kappa shape index (κ2) is 12.3. The van der Waals surface area contributed by atoms with Gasteiger partial charge in [0.05, 0.1) is 13.7 Å². The molecule has 0 rings (SSSR count). The molecule has 0 bridgehead atoms. The number of ether oxygens (including phenoxy) is 4. The van der Waals surface area contributed by atoms with Gasteiger partial charge in [-0.25, -0.2) is 19.2 Å². The maximum absolute atomic E-state index is 12.9. The number of methoxy groups -OCH3 is 1. The highest BCUT2D eigenvalue weighted by molar-refractivity contribution is 5.94. The molecule has 1 atom stereocenters. The molecule has 0 N–H and O–H groups in total. The van der Waals surface area contributed by atoms with Crippen LogP contribution in [0.25, 0.3) is 0 Å². The second-order valence-corrected chi connectivity index (χ2v) is 9.37. The summed E-state index contributed by atoms with van der Waals surface area (Å²) >= 11 is 0. The minimum atomic E-state index is -1.30. The molecular weight excluding hydrogens is 406 g/mol. The predicted octanol–water partition coefficient (Wildman–Crippen LogP) is 4.24. The first-order valence-electron chi connectivity index (χ1n) is 10.2. The smallest absolute Gasteiger partial charge is 0.420 e. The Morgan fingerprint density at radius 1 is 0.903 bits per heavy atom. The molecule has 0 aromatic heterocycles. The molecule has 2 amide bonds. The van der Waals surface area contributed by atoms with Crippen LogP contribution in [0, 0.1) is 5.92 Å². The van der Waals surface area contributed by atoms with Crippen molar-refractivity contribution in [2.75, 3.05) is 13.7 Å². The van der Waals surface area contributed by atoms with E-state index < -0.39 is 41.4 Å². The number of esters is 2. The van der Waals surface area contributed by atoms with Crippen LogP contribution in [0.5, 0.6) is 0 Å². The Hall–Kier alpha value is -2.58. The fourth-order valence-electron chi connectivity index (χ4n) is 2.15. The summed E-state index contributed by atoms with van der Waals surface area (Å²) in [5, 5.41) is 0. The van der Waals surface area contributed by atoms with E-state index >= 15 is 0 Å². The van der Waals surface area contributed by atoms with Crippen LogP contribution in [0.15, 0.2) is 12.2 Å². The van der Waals surface area contributed by atoms with Gasteiger partial charge in [0, 0.05) is 6.08 Å². The van der Waals surface area contributed by atoms with E-state index in [0.29, 0.717) is 4.90 Å². The van der Waals surface area contributed by atoms with E-state index in [1.54, 1.807) is 41.5 Å². The Morgan fingerprint density at radius 2 is 1.39 bits per heavy atom. The summed E-state index contributed by atoms with van der Waals surface area (Å²) in [5.41, 5.74) is -1.82. The monoisotopic (exact) mass is 443 g/mol. The van der Waals surface area contributed by atoms with Crippen molar-refractivity contribution in [2.24, 2.45) is 5.92 Å². The fourth-order valence-corrected chi connectivity index (χ4v) is 2.15. The van der Waals surface area contributed by atoms with Crippen molar-refractivity contribution in [1.29, 1.82) is 0 Å². The van der Waals surface area contributed by atoms with Gasteiger partial charge in [-0.2, -0.15) is 4.90 Å². The average molecular weight is 444 g/mol. The lowest BCUT2D eigenvalue weighted by Gasteiger charge is -2.32. The van der Waals surface area contributed by atoms with E-state index in [2.05, 4.69) is 4.74 Å². The highest BCUT2D eigenvalue weighted by Crippen LogP contribution is 2.20. The van der Waals surface area contributed by atoms with Crippen LogP contribution in [-0.2, 0) is 28.5 Å². The molecule has 31 heavy (non-hydrogen) atoms. The van der Waals surface area contributed by atoms with Crippen LogP contribution in [0.1, 0.15) is 68.2 Å². The van der Waals surface area contributed by atoms with Gasteiger partial charge in [0.1, 0.15) is 17.2 Å². The molecule has 0 heterocycles. The molecule has 0 aliphatic carbocycles. The molecule has 0 saturated carbocycles. The summed E-state index contributed by atoms with van der Waals surface area (Å²) in [5.74, 6) is -1.27. The zero-order valence-electron chi connectivity index (χ0n) is 20.1. The number of nitrogens with zero attached hydrogens (tertiary/aromatic N) is 1. The number of carbonyl (C=O) groups excluding carboxylic acids is 4. The van der Waals surface area contributed by atoms with E-state index in [1.165, 1.54) is 19.3 Å². The normalized spacial score (nSPS) is 13.0. The fraction of sp³-hybridized carbons (Fsp3) is 0.727. The molecule has 9 heteroatoms. The van der Waals surface area contributed by atoms with E-state index in [-0.39, 0.29) is 25.4 Å². The predicted molar refractivity (Wildman–Crippen MR) is 114 cm³/mol. The third kappa shape index (κ3) is 12.7. The van der Waals surface area contributed by atoms with Gasteiger partial charge >= 0.3 is 24.1 Å². The van der Waals surface area contributed by atoms with Gasteiger partial charge in [-0.05, 0) is 60.3 Å². The summed E-state index contributed by atoms with van der Waals surface area (Å²) < 4.78 is 20.5. The molecule has 0 aromatic rings. The molecule has 0 saturated heterocycles. The van der Waals surface area contributed by atoms with Gasteiger partial charge in [0.15, 0.2) is 0 Å². The van der Waals surface area contributed by atoms with Crippen LogP contribution < -0.4 is 0 Å². The van der Waals surface area contributed by atoms with Crippen LogP contribution in [0.3, 0.4) is 0 Å². The SMILES string of the molecule is COC(=O)/C=C/CC[C@@H](C(=O)OCC(C)C)N(C(=O)OC(C)(C)C)C(=O)OC(C)(C)C. The number of amides is 2. The summed E-state index contributed by atoms with van der Waals surface area (Å²) in [6.07, 6.45) is 0.829. The Kier molecular flexibility index (Phi) is 11.3. The van der Waals surface area contributed by atoms with Gasteiger partial charge in [0.2, 0.25) is 0 Å². The number of hydrogen-bond acceptors (Lipinski definition) is 8. The lowest BCUT2D eigenvalue weighted by Crippen LogP contribution is -2.52. The van der Waals surface area contributed by atoms with Crippen molar-refractivity contribution in [3.8, 4) is 0 Å². The first kappa shape index (κ1) is 28.4. The number of hydrogen-bond donors (Lipinski definition) is 0. The molecule has 0 aliphatic rings. The summed E-state index contributed by atoms with van der Waals surface area (Å²) in [6, 6.07) is -1.30. The van der Waals surface area contributed by atoms with E-state index in [1.807, 2.05) is 13.8 Å². The molecular formula is C22H37NO8. The van der Waals surface area contributed by atoms with Crippen LogP contribution >= 0.6 is 0 Å². The maximum atomic E-state index is 12.9. The molecule has 0 fully saturated rings. The first-order valence-corrected chi connectivity index (χ1v) is 10.2. The van der Waals surface area contributed by atoms with Crippen LogP contribution in [0.2, 0.25) is 0 Å². The summed E-state index contributed by atoms with van der Waals surface area (Å²) in [4.78, 5) is 50.5. The second-order valence-electron chi connectivity index (χ2n) is 9.37. The lowest BCUT2D eigenvalue weighted by atomic mass is 10.1. The molecule has 0 aromatic carbocycles. The minimum Gasteiger partial charge on any atom is -0.466 e. The average Bonchev–Trinajstić information content (AvgIpc) is 2.58. The van der Waals surface area contributed by atoms with Crippen molar-refractivity contribution >= 4 is 24.1 Å². The van der Waals surface area contributed by atoms with E-state index in [9.17, 15) is 19.2 Å². The first-order chi connectivity index (χ1) is 14.1. The van der Waals surface area contributed by atoms with Gasteiger partial charge in [0.25, 0.3) is 0 Å². The summed E-state index contributed by atoms with van der Waals surface area (Å²) in [7, 11) is 1.24. The molecule has 0 spiro atoms. The quantitative estimate of drug-likeness (QED) is 0.311. The topological polar surface area (TPSA) is 108 Å². The Labute approximate surface area is 185 Å². The largest absolute Gasteiger partial charge is 0.466 e. The molecule has 0 radical (unpaired) electrons. The zero-order chi connectivity index (χ0) is 24.4. The maximum Gasteiger partial charge on any atom is 0.420 e. The Balaban J connectivity index is 5.91. The van der Waals surface area contributed by atoms with E-state index in [0.717, 1.165) is 0 Å². The molecule has 178 valence electrons. The van der Waals surface area contributed by atoms with E-state index in [4.69, 9.17) is 14.2 Å². The molecule has 0 aliphatic heterocycles. The van der Waals surface area contributed by atoms with Gasteiger partial charge in [-0.3, -0.25) is 0 Å². The zero-order valence-corrected chi connectivity index (χ0v) is 20.1. The van der Waals surface area contributed by atoms with Gasteiger partial charge in [-0.15, -0.1) is 0 Å². The Bertz CT molecular complexity index is 627. The highest BCUT2D eigenvalue weighted by Gasteiger charge is 2.40. The van der Waals surface area contributed by atoms with Gasteiger partial charge in [-0.1, -0.05) is 19.9 Å². The van der Waals surface area contributed by atoms with Crippen molar-refractivity contribution in [2.45, 2.75) is 85.5 Å². The third-order valence-electron chi connectivity index (χ3n) is 3.38. The summed E-state index contributed by atoms with van der Waals surface area (Å²) in [6.45, 7) is 13.7. The minimum absolute atomic E-state index is 0.00289. The molecule has 0 unspecified atom stereocenters. The van der Waals surface area contributed by atoms with Crippen molar-refractivity contribution in [3.05, 3.63) is 12.2 Å². The highest BCUT2D eigenvalue weighted by atomic mass is 16.6. The number of rotatable bonds is 8. The van der Waals surface area contributed by atoms with Gasteiger partial charge < -0.3 is 18.9 Å². The third-order valence-corrected chi connectivity index (χ3v) is 3.38. The van der Waals surface area contributed by atoms with Crippen LogP contribution in [-0.4, -0.2) is 60.0 Å².